The number of nitriles is 1. The van der Waals surface area contributed by atoms with Gasteiger partial charge in [0.1, 0.15) is 6.07 Å². The number of nitrogens with zero attached hydrogens (tertiary/aromatic N) is 3. The molecule has 1 aromatic carbocycles. The van der Waals surface area contributed by atoms with Gasteiger partial charge in [0.2, 0.25) is 5.95 Å². The Hall–Kier alpha value is -2.73. The van der Waals surface area contributed by atoms with E-state index < -0.39 is 5.91 Å². The van der Waals surface area contributed by atoms with E-state index in [1.165, 1.54) is 30.6 Å². The zero-order valence-electron chi connectivity index (χ0n) is 11.8. The largest absolute Gasteiger partial charge is 0.394 e. The summed E-state index contributed by atoms with van der Waals surface area (Å²) in [6.07, 6.45) is 2.81. The first-order valence-corrected chi connectivity index (χ1v) is 6.83. The number of aromatic nitrogens is 2. The van der Waals surface area contributed by atoms with Crippen molar-refractivity contribution >= 4 is 29.1 Å². The third-order valence-electron chi connectivity index (χ3n) is 2.63. The molecule has 1 amide bonds. The van der Waals surface area contributed by atoms with E-state index >= 15 is 0 Å². The summed E-state index contributed by atoms with van der Waals surface area (Å²) in [5.74, 6) is -0.275. The second-order valence-electron chi connectivity index (χ2n) is 4.23. The van der Waals surface area contributed by atoms with E-state index in [0.29, 0.717) is 16.3 Å². The van der Waals surface area contributed by atoms with E-state index in [2.05, 4.69) is 20.8 Å². The van der Waals surface area contributed by atoms with Gasteiger partial charge < -0.3 is 10.4 Å². The summed E-state index contributed by atoms with van der Waals surface area (Å²) in [4.78, 5) is 24.6. The summed E-state index contributed by atoms with van der Waals surface area (Å²) in [5.41, 5.74) is 3.12. The van der Waals surface area contributed by atoms with Crippen molar-refractivity contribution in [3.8, 4) is 6.07 Å². The third-order valence-corrected chi connectivity index (χ3v) is 2.82. The maximum absolute atomic E-state index is 11.9. The number of hydrogen-bond donors (Lipinski definition) is 3. The predicted molar refractivity (Wildman–Crippen MR) is 82.0 cm³/mol. The van der Waals surface area contributed by atoms with Gasteiger partial charge in [-0.05, 0) is 18.2 Å². The number of aliphatic hydroxyl groups excluding tert-OH is 1. The number of amides is 1. The Kier molecular flexibility index (Phi) is 5.82. The zero-order valence-corrected chi connectivity index (χ0v) is 12.5. The highest BCUT2D eigenvalue weighted by atomic mass is 35.5. The summed E-state index contributed by atoms with van der Waals surface area (Å²) in [6, 6.07) is 6.43. The van der Waals surface area contributed by atoms with E-state index in [4.69, 9.17) is 26.8 Å². The van der Waals surface area contributed by atoms with Gasteiger partial charge in [-0.15, -0.1) is 0 Å². The number of aliphatic hydroxyl groups is 1. The molecular weight excluding hydrogens is 322 g/mol. The summed E-state index contributed by atoms with van der Waals surface area (Å²) in [6.45, 7) is -0.236. The molecule has 0 aliphatic heterocycles. The molecule has 0 bridgehead atoms. The molecule has 0 unspecified atom stereocenters. The summed E-state index contributed by atoms with van der Waals surface area (Å²) in [5, 5.41) is 21.0. The topological polar surface area (TPSA) is 120 Å². The molecular formula is C14H12ClN5O3. The van der Waals surface area contributed by atoms with Gasteiger partial charge in [0, 0.05) is 5.56 Å². The van der Waals surface area contributed by atoms with Crippen molar-refractivity contribution in [2.24, 2.45) is 0 Å². The van der Waals surface area contributed by atoms with Crippen molar-refractivity contribution in [1.29, 1.82) is 5.26 Å². The molecule has 0 aliphatic carbocycles. The molecule has 0 fully saturated rings. The Morgan fingerprint density at radius 3 is 2.78 bits per heavy atom. The van der Waals surface area contributed by atoms with Gasteiger partial charge in [0.25, 0.3) is 5.91 Å². The van der Waals surface area contributed by atoms with Gasteiger partial charge in [-0.3, -0.25) is 9.63 Å². The number of hydroxylamine groups is 1. The number of anilines is 2. The van der Waals surface area contributed by atoms with Crippen LogP contribution in [0.1, 0.15) is 15.9 Å². The third kappa shape index (κ3) is 4.62. The number of hydrogen-bond acceptors (Lipinski definition) is 7. The van der Waals surface area contributed by atoms with E-state index in [0.717, 1.165) is 0 Å². The highest BCUT2D eigenvalue weighted by Gasteiger charge is 2.11. The number of benzene rings is 1. The van der Waals surface area contributed by atoms with Crippen LogP contribution in [0.15, 0.2) is 30.6 Å². The van der Waals surface area contributed by atoms with Crippen molar-refractivity contribution in [3.63, 3.8) is 0 Å². The highest BCUT2D eigenvalue weighted by Crippen LogP contribution is 2.20. The fourth-order valence-electron chi connectivity index (χ4n) is 1.60. The van der Waals surface area contributed by atoms with Crippen LogP contribution in [0, 0.1) is 11.3 Å². The first-order valence-electron chi connectivity index (χ1n) is 6.45. The van der Waals surface area contributed by atoms with Crippen LogP contribution in [0.4, 0.5) is 11.6 Å². The fourth-order valence-corrected chi connectivity index (χ4v) is 1.70. The monoisotopic (exact) mass is 333 g/mol. The lowest BCUT2D eigenvalue weighted by atomic mass is 10.1. The molecule has 1 aromatic heterocycles. The fraction of sp³-hybridized carbons (Fsp3) is 0.143. The SMILES string of the molecule is N#Cc1ccc(C(=O)NOCCO)cc1Nc1ncc(Cl)cn1. The van der Waals surface area contributed by atoms with E-state index in [1.54, 1.807) is 0 Å². The number of nitrogens with one attached hydrogen (secondary N) is 2. The van der Waals surface area contributed by atoms with Gasteiger partial charge in [-0.25, -0.2) is 15.4 Å². The molecule has 0 radical (unpaired) electrons. The van der Waals surface area contributed by atoms with E-state index in [9.17, 15) is 4.79 Å². The Bertz CT molecular complexity index is 730. The minimum absolute atomic E-state index is 0.0221. The van der Waals surface area contributed by atoms with Crippen LogP contribution < -0.4 is 10.8 Å². The lowest BCUT2D eigenvalue weighted by molar-refractivity contribution is 0.0168. The standard InChI is InChI=1S/C14H12ClN5O3/c15-11-7-17-14(18-8-11)19-12-5-9(1-2-10(12)6-16)13(22)20-23-4-3-21/h1-2,5,7-8,21H,3-4H2,(H,20,22)(H,17,18,19). The van der Waals surface area contributed by atoms with Crippen LogP contribution in [0.2, 0.25) is 5.02 Å². The number of halogens is 1. The van der Waals surface area contributed by atoms with Crippen LogP contribution in [0.5, 0.6) is 0 Å². The molecule has 2 rings (SSSR count). The summed E-state index contributed by atoms with van der Waals surface area (Å²) in [7, 11) is 0. The maximum Gasteiger partial charge on any atom is 0.274 e. The predicted octanol–water partition coefficient (Wildman–Crippen LogP) is 1.40. The number of rotatable bonds is 6. The van der Waals surface area contributed by atoms with Crippen molar-refractivity contribution in [3.05, 3.63) is 46.7 Å². The van der Waals surface area contributed by atoms with Gasteiger partial charge in [-0.2, -0.15) is 5.26 Å². The minimum Gasteiger partial charge on any atom is -0.394 e. The average Bonchev–Trinajstić information content (AvgIpc) is 2.57. The maximum atomic E-state index is 11.9. The number of carbonyl (C=O) groups excluding carboxylic acids is 1. The Balaban J connectivity index is 2.20. The second kappa shape index (κ2) is 8.05. The molecule has 0 spiro atoms. The summed E-state index contributed by atoms with van der Waals surface area (Å²) >= 11 is 5.71. The highest BCUT2D eigenvalue weighted by molar-refractivity contribution is 6.30. The van der Waals surface area contributed by atoms with Crippen LogP contribution in [0.25, 0.3) is 0 Å². The first-order chi connectivity index (χ1) is 11.1. The van der Waals surface area contributed by atoms with Gasteiger partial charge in [0.15, 0.2) is 0 Å². The molecule has 1 heterocycles. The lowest BCUT2D eigenvalue weighted by Crippen LogP contribution is -2.25. The van der Waals surface area contributed by atoms with Crippen molar-refractivity contribution < 1.29 is 14.7 Å². The van der Waals surface area contributed by atoms with Crippen molar-refractivity contribution in [2.75, 3.05) is 18.5 Å². The van der Waals surface area contributed by atoms with Crippen molar-refractivity contribution in [1.82, 2.24) is 15.4 Å². The Labute approximate surface area is 136 Å². The lowest BCUT2D eigenvalue weighted by Gasteiger charge is -2.09. The minimum atomic E-state index is -0.511. The quantitative estimate of drug-likeness (QED) is 0.539. The molecule has 8 nitrogen and oxygen atoms in total. The molecule has 0 saturated heterocycles. The van der Waals surface area contributed by atoms with Crippen molar-refractivity contribution in [2.45, 2.75) is 0 Å². The van der Waals surface area contributed by atoms with Crippen LogP contribution >= 0.6 is 11.6 Å². The molecule has 0 aliphatic rings. The normalized spacial score (nSPS) is 9.96. The Morgan fingerprint density at radius 2 is 2.13 bits per heavy atom. The molecule has 23 heavy (non-hydrogen) atoms. The second-order valence-corrected chi connectivity index (χ2v) is 4.66. The molecule has 0 saturated carbocycles. The molecule has 3 N–H and O–H groups in total. The smallest absolute Gasteiger partial charge is 0.274 e. The van der Waals surface area contributed by atoms with Crippen LogP contribution in [-0.2, 0) is 4.84 Å². The van der Waals surface area contributed by atoms with E-state index in [-0.39, 0.29) is 24.7 Å². The van der Waals surface area contributed by atoms with Crippen LogP contribution in [0.3, 0.4) is 0 Å². The zero-order chi connectivity index (χ0) is 16.7. The average molecular weight is 334 g/mol. The summed E-state index contributed by atoms with van der Waals surface area (Å²) < 4.78 is 0. The molecule has 2 aromatic rings. The number of carbonyl (C=O) groups is 1. The molecule has 118 valence electrons. The van der Waals surface area contributed by atoms with Gasteiger partial charge in [-0.1, -0.05) is 11.6 Å². The van der Waals surface area contributed by atoms with Crippen LogP contribution in [-0.4, -0.2) is 34.2 Å². The van der Waals surface area contributed by atoms with Gasteiger partial charge >= 0.3 is 0 Å². The Morgan fingerprint density at radius 1 is 1.39 bits per heavy atom. The molecule has 0 atom stereocenters. The molecule has 9 heteroatoms. The van der Waals surface area contributed by atoms with Gasteiger partial charge in [0.05, 0.1) is 41.9 Å². The first kappa shape index (κ1) is 16.6. The van der Waals surface area contributed by atoms with E-state index in [1.807, 2.05) is 6.07 Å².